The van der Waals surface area contributed by atoms with E-state index in [1.807, 2.05) is 25.7 Å². The van der Waals surface area contributed by atoms with E-state index in [1.54, 1.807) is 7.11 Å². The van der Waals surface area contributed by atoms with E-state index in [-0.39, 0.29) is 18.1 Å². The number of carbonyl (C=O) groups excluding carboxylic acids is 2. The largest absolute Gasteiger partial charge is 0.443 e. The van der Waals surface area contributed by atoms with Crippen LogP contribution in [-0.4, -0.2) is 59.9 Å². The fourth-order valence-electron chi connectivity index (χ4n) is 3.17. The number of imide groups is 1. The van der Waals surface area contributed by atoms with Gasteiger partial charge in [-0.25, -0.2) is 14.5 Å². The van der Waals surface area contributed by atoms with Gasteiger partial charge in [0.15, 0.2) is 0 Å². The topological polar surface area (TPSA) is 59.1 Å². The van der Waals surface area contributed by atoms with Crippen LogP contribution in [0.4, 0.5) is 9.59 Å². The maximum Gasteiger partial charge on any atom is 0.418 e. The van der Waals surface area contributed by atoms with E-state index in [0.717, 1.165) is 25.7 Å². The zero-order valence-corrected chi connectivity index (χ0v) is 13.4. The zero-order valence-electron chi connectivity index (χ0n) is 13.4. The van der Waals surface area contributed by atoms with Gasteiger partial charge in [-0.1, -0.05) is 0 Å². The normalized spacial score (nSPS) is 25.4. The van der Waals surface area contributed by atoms with E-state index < -0.39 is 11.7 Å². The van der Waals surface area contributed by atoms with Crippen molar-refractivity contribution >= 4 is 12.1 Å². The van der Waals surface area contributed by atoms with E-state index in [9.17, 15) is 9.59 Å². The number of rotatable bonds is 4. The Hall–Kier alpha value is -1.30. The van der Waals surface area contributed by atoms with Crippen molar-refractivity contribution < 1.29 is 19.1 Å². The third-order valence-electron chi connectivity index (χ3n) is 3.97. The van der Waals surface area contributed by atoms with Gasteiger partial charge in [0, 0.05) is 20.3 Å². The first kappa shape index (κ1) is 16.1. The lowest BCUT2D eigenvalue weighted by atomic mass is 10.1. The summed E-state index contributed by atoms with van der Waals surface area (Å²) < 4.78 is 10.4. The zero-order chi connectivity index (χ0) is 15.6. The second-order valence-corrected chi connectivity index (χ2v) is 6.74. The van der Waals surface area contributed by atoms with Crippen molar-refractivity contribution in [1.82, 2.24) is 9.80 Å². The van der Waals surface area contributed by atoms with Crippen LogP contribution in [0.1, 0.15) is 46.5 Å². The molecule has 0 bridgehead atoms. The number of ether oxygens (including phenoxy) is 2. The lowest BCUT2D eigenvalue weighted by Gasteiger charge is -2.25. The maximum atomic E-state index is 12.6. The van der Waals surface area contributed by atoms with Gasteiger partial charge >= 0.3 is 12.1 Å². The molecule has 1 aliphatic carbocycles. The van der Waals surface area contributed by atoms with Crippen molar-refractivity contribution in [3.63, 3.8) is 0 Å². The van der Waals surface area contributed by atoms with Gasteiger partial charge < -0.3 is 14.4 Å². The van der Waals surface area contributed by atoms with Crippen molar-refractivity contribution in [2.75, 3.05) is 20.3 Å². The van der Waals surface area contributed by atoms with E-state index in [4.69, 9.17) is 9.47 Å². The number of methoxy groups -OCH3 is 1. The van der Waals surface area contributed by atoms with Crippen molar-refractivity contribution in [1.29, 1.82) is 0 Å². The number of carbonyl (C=O) groups is 2. The van der Waals surface area contributed by atoms with Crippen molar-refractivity contribution in [2.45, 2.75) is 64.1 Å². The minimum Gasteiger partial charge on any atom is -0.443 e. The van der Waals surface area contributed by atoms with Gasteiger partial charge in [-0.15, -0.1) is 0 Å². The molecule has 120 valence electrons. The Morgan fingerprint density at radius 3 is 2.57 bits per heavy atom. The summed E-state index contributed by atoms with van der Waals surface area (Å²) in [5.74, 6) is 0. The fraction of sp³-hybridized carbons (Fsp3) is 0.867. The molecule has 0 aromatic carbocycles. The maximum absolute atomic E-state index is 12.6. The molecular formula is C15H26N2O4. The summed E-state index contributed by atoms with van der Waals surface area (Å²) in [6.45, 7) is 6.69. The highest BCUT2D eigenvalue weighted by atomic mass is 16.6. The molecule has 0 unspecified atom stereocenters. The Balaban J connectivity index is 2.08. The molecule has 2 rings (SSSR count). The predicted molar refractivity (Wildman–Crippen MR) is 78.1 cm³/mol. The summed E-state index contributed by atoms with van der Waals surface area (Å²) in [6.07, 6.45) is 3.15. The lowest BCUT2D eigenvalue weighted by molar-refractivity contribution is 0.0293. The Morgan fingerprint density at radius 2 is 1.95 bits per heavy atom. The summed E-state index contributed by atoms with van der Waals surface area (Å²) in [5.41, 5.74) is -0.588. The molecule has 3 amide bonds. The molecule has 0 N–H and O–H groups in total. The van der Waals surface area contributed by atoms with Crippen LogP contribution in [0, 0.1) is 0 Å². The molecule has 2 aliphatic rings. The van der Waals surface area contributed by atoms with Crippen LogP contribution in [0.25, 0.3) is 0 Å². The molecule has 6 heteroatoms. The van der Waals surface area contributed by atoms with E-state index in [0.29, 0.717) is 13.2 Å². The first-order valence-electron chi connectivity index (χ1n) is 7.67. The standard InChI is InChI=1S/C15H26N2O4/c1-15(2,3)21-14(19)17-12-8-5-7-11(12)16(13(17)18)9-6-10-20-4/h11-12H,5-10H2,1-4H3/t11-,12+/m0/s1. The third-order valence-corrected chi connectivity index (χ3v) is 3.97. The quantitative estimate of drug-likeness (QED) is 0.749. The van der Waals surface area contributed by atoms with Crippen LogP contribution < -0.4 is 0 Å². The Kier molecular flexibility index (Phi) is 4.76. The molecule has 1 heterocycles. The summed E-state index contributed by atoms with van der Waals surface area (Å²) in [7, 11) is 1.65. The Morgan fingerprint density at radius 1 is 1.29 bits per heavy atom. The van der Waals surface area contributed by atoms with E-state index >= 15 is 0 Å². The monoisotopic (exact) mass is 298 g/mol. The summed E-state index contributed by atoms with van der Waals surface area (Å²) in [4.78, 5) is 28.0. The second kappa shape index (κ2) is 6.22. The molecule has 6 nitrogen and oxygen atoms in total. The summed E-state index contributed by atoms with van der Waals surface area (Å²) in [5, 5.41) is 0. The SMILES string of the molecule is COCCCN1C(=O)N(C(=O)OC(C)(C)C)[C@@H]2CCC[C@@H]21. The fourth-order valence-corrected chi connectivity index (χ4v) is 3.17. The van der Waals surface area contributed by atoms with Gasteiger partial charge in [-0.3, -0.25) is 0 Å². The van der Waals surface area contributed by atoms with Crippen LogP contribution in [0.5, 0.6) is 0 Å². The van der Waals surface area contributed by atoms with Gasteiger partial charge in [0.2, 0.25) is 0 Å². The molecular weight excluding hydrogens is 272 g/mol. The Labute approximate surface area is 126 Å². The summed E-state index contributed by atoms with van der Waals surface area (Å²) >= 11 is 0. The molecule has 2 fully saturated rings. The van der Waals surface area contributed by atoms with Crippen LogP contribution in [-0.2, 0) is 9.47 Å². The van der Waals surface area contributed by atoms with Gasteiger partial charge in [-0.05, 0) is 46.5 Å². The average Bonchev–Trinajstić information content (AvgIpc) is 2.89. The molecule has 0 aromatic heterocycles. The number of nitrogens with zero attached hydrogens (tertiary/aromatic N) is 2. The van der Waals surface area contributed by atoms with Crippen molar-refractivity contribution in [2.24, 2.45) is 0 Å². The van der Waals surface area contributed by atoms with Gasteiger partial charge in [-0.2, -0.15) is 0 Å². The van der Waals surface area contributed by atoms with Crippen LogP contribution in [0.15, 0.2) is 0 Å². The first-order chi connectivity index (χ1) is 9.85. The number of hydrogen-bond donors (Lipinski definition) is 0. The van der Waals surface area contributed by atoms with Gasteiger partial charge in [0.05, 0.1) is 12.1 Å². The molecule has 21 heavy (non-hydrogen) atoms. The lowest BCUT2D eigenvalue weighted by Crippen LogP contribution is -2.43. The van der Waals surface area contributed by atoms with Crippen molar-refractivity contribution in [3.05, 3.63) is 0 Å². The van der Waals surface area contributed by atoms with Crippen LogP contribution >= 0.6 is 0 Å². The van der Waals surface area contributed by atoms with Crippen LogP contribution in [0.3, 0.4) is 0 Å². The molecule has 0 aromatic rings. The number of amides is 3. The molecule has 1 saturated carbocycles. The van der Waals surface area contributed by atoms with Gasteiger partial charge in [0.25, 0.3) is 0 Å². The third kappa shape index (κ3) is 3.48. The van der Waals surface area contributed by atoms with E-state index in [1.165, 1.54) is 4.90 Å². The highest BCUT2D eigenvalue weighted by Crippen LogP contribution is 2.36. The average molecular weight is 298 g/mol. The molecule has 2 atom stereocenters. The Bertz CT molecular complexity index is 405. The van der Waals surface area contributed by atoms with Crippen molar-refractivity contribution in [3.8, 4) is 0 Å². The second-order valence-electron chi connectivity index (χ2n) is 6.74. The molecule has 0 radical (unpaired) electrons. The molecule has 1 saturated heterocycles. The number of urea groups is 1. The molecule has 0 spiro atoms. The number of fused-ring (bicyclic) bond motifs is 1. The first-order valence-corrected chi connectivity index (χ1v) is 7.67. The highest BCUT2D eigenvalue weighted by Gasteiger charge is 2.51. The minimum absolute atomic E-state index is 0.0325. The van der Waals surface area contributed by atoms with Gasteiger partial charge in [0.1, 0.15) is 5.60 Å². The minimum atomic E-state index is -0.588. The van der Waals surface area contributed by atoms with Crippen LogP contribution in [0.2, 0.25) is 0 Å². The predicted octanol–water partition coefficient (Wildman–Crippen LogP) is 2.62. The highest BCUT2D eigenvalue weighted by molar-refractivity contribution is 5.93. The number of hydrogen-bond acceptors (Lipinski definition) is 4. The summed E-state index contributed by atoms with van der Waals surface area (Å²) in [6, 6.07) is -0.105. The molecule has 1 aliphatic heterocycles. The van der Waals surface area contributed by atoms with E-state index in [2.05, 4.69) is 0 Å². The smallest absolute Gasteiger partial charge is 0.418 e.